The average molecular weight is 440 g/mol. The van der Waals surface area contributed by atoms with Crippen LogP contribution in [0.3, 0.4) is 0 Å². The highest BCUT2D eigenvalue weighted by Gasteiger charge is 2.14. The minimum absolute atomic E-state index is 0.271. The summed E-state index contributed by atoms with van der Waals surface area (Å²) in [6.45, 7) is 2.87. The lowest BCUT2D eigenvalue weighted by Crippen LogP contribution is -2.12. The highest BCUT2D eigenvalue weighted by atomic mass is 79.9. The first-order chi connectivity index (χ1) is 13.6. The minimum Gasteiger partial charge on any atom is -0.497 e. The zero-order chi connectivity index (χ0) is 19.7. The molecular formula is C20H18BrN5O2. The van der Waals surface area contributed by atoms with E-state index in [9.17, 15) is 4.79 Å². The molecule has 4 aromatic rings. The van der Waals surface area contributed by atoms with E-state index < -0.39 is 0 Å². The summed E-state index contributed by atoms with van der Waals surface area (Å²) < 4.78 is 8.26. The van der Waals surface area contributed by atoms with Crippen molar-refractivity contribution in [2.75, 3.05) is 12.4 Å². The number of anilines is 1. The Morgan fingerprint density at radius 3 is 2.86 bits per heavy atom. The van der Waals surface area contributed by atoms with E-state index >= 15 is 0 Å². The summed E-state index contributed by atoms with van der Waals surface area (Å²) in [5.74, 6) is 0.991. The van der Waals surface area contributed by atoms with Crippen molar-refractivity contribution in [3.05, 3.63) is 58.8 Å². The normalized spacial score (nSPS) is 11.0. The molecule has 0 atom stereocenters. The number of carbonyl (C=O) groups excluding carboxylic acids is 1. The third-order valence-electron chi connectivity index (χ3n) is 4.49. The van der Waals surface area contributed by atoms with Crippen molar-refractivity contribution in [1.29, 1.82) is 0 Å². The third-order valence-corrected chi connectivity index (χ3v) is 4.92. The molecule has 0 saturated heterocycles. The van der Waals surface area contributed by atoms with Crippen LogP contribution < -0.4 is 10.1 Å². The molecule has 1 amide bonds. The fourth-order valence-corrected chi connectivity index (χ4v) is 3.53. The van der Waals surface area contributed by atoms with Crippen molar-refractivity contribution in [2.24, 2.45) is 0 Å². The maximum atomic E-state index is 12.4. The second kappa shape index (κ2) is 7.47. The number of aryl methyl sites for hydroxylation is 1. The number of rotatable bonds is 5. The standard InChI is InChI=1S/C20H18BrN5O2/c1-3-26-17-8-15(28-2)5-4-12(17)7-18(26)16-9-19(25-24-16)23-20(27)13-6-14(21)11-22-10-13/h4-11H,3H2,1-2H3,(H2,23,24,25,27). The minimum atomic E-state index is -0.271. The number of fused-ring (bicyclic) bond motifs is 1. The lowest BCUT2D eigenvalue weighted by molar-refractivity contribution is 0.102. The molecule has 28 heavy (non-hydrogen) atoms. The Morgan fingerprint density at radius 2 is 2.11 bits per heavy atom. The fourth-order valence-electron chi connectivity index (χ4n) is 3.17. The summed E-state index contributed by atoms with van der Waals surface area (Å²) in [4.78, 5) is 16.4. The number of amides is 1. The highest BCUT2D eigenvalue weighted by Crippen LogP contribution is 2.30. The Kier molecular flexibility index (Phi) is 4.87. The first-order valence-electron chi connectivity index (χ1n) is 8.74. The molecule has 1 aromatic carbocycles. The first kappa shape index (κ1) is 18.2. The van der Waals surface area contributed by atoms with Gasteiger partial charge in [-0.25, -0.2) is 0 Å². The number of benzene rings is 1. The Labute approximate surface area is 169 Å². The summed E-state index contributed by atoms with van der Waals surface area (Å²) in [5.41, 5.74) is 3.34. The van der Waals surface area contributed by atoms with Gasteiger partial charge in [0.15, 0.2) is 5.82 Å². The van der Waals surface area contributed by atoms with Gasteiger partial charge in [-0.1, -0.05) is 0 Å². The van der Waals surface area contributed by atoms with Crippen LogP contribution in [0.1, 0.15) is 17.3 Å². The van der Waals surface area contributed by atoms with Gasteiger partial charge in [-0.15, -0.1) is 0 Å². The number of ether oxygens (including phenoxy) is 1. The number of halogens is 1. The van der Waals surface area contributed by atoms with Gasteiger partial charge in [0.2, 0.25) is 0 Å². The highest BCUT2D eigenvalue weighted by molar-refractivity contribution is 9.10. The van der Waals surface area contributed by atoms with Gasteiger partial charge in [-0.3, -0.25) is 14.9 Å². The van der Waals surface area contributed by atoms with Crippen LogP contribution in [0.25, 0.3) is 22.3 Å². The maximum Gasteiger partial charge on any atom is 0.258 e. The summed E-state index contributed by atoms with van der Waals surface area (Å²) in [6.07, 6.45) is 3.14. The van der Waals surface area contributed by atoms with Gasteiger partial charge in [-0.05, 0) is 47.1 Å². The van der Waals surface area contributed by atoms with Crippen LogP contribution >= 0.6 is 15.9 Å². The number of hydrogen-bond donors (Lipinski definition) is 2. The smallest absolute Gasteiger partial charge is 0.258 e. The molecule has 2 N–H and O–H groups in total. The van der Waals surface area contributed by atoms with Crippen molar-refractivity contribution >= 4 is 38.6 Å². The molecule has 142 valence electrons. The Morgan fingerprint density at radius 1 is 1.25 bits per heavy atom. The molecule has 0 saturated carbocycles. The number of H-pyrrole nitrogens is 1. The Hall–Kier alpha value is -3.13. The van der Waals surface area contributed by atoms with E-state index in [1.54, 1.807) is 19.4 Å². The monoisotopic (exact) mass is 439 g/mol. The molecule has 0 unspecified atom stereocenters. The number of pyridine rings is 1. The molecule has 0 aliphatic heterocycles. The topological polar surface area (TPSA) is 84.8 Å². The summed E-state index contributed by atoms with van der Waals surface area (Å²) in [6, 6.07) is 11.6. The predicted octanol–water partition coefficient (Wildman–Crippen LogP) is 4.47. The van der Waals surface area contributed by atoms with Gasteiger partial charge in [0.05, 0.1) is 29.6 Å². The third kappa shape index (κ3) is 3.38. The number of aromatic nitrogens is 4. The lowest BCUT2D eigenvalue weighted by atomic mass is 10.2. The molecule has 0 aliphatic rings. The van der Waals surface area contributed by atoms with E-state index in [1.807, 2.05) is 24.3 Å². The number of aromatic amines is 1. The van der Waals surface area contributed by atoms with Crippen molar-refractivity contribution in [3.63, 3.8) is 0 Å². The van der Waals surface area contributed by atoms with Gasteiger partial charge >= 0.3 is 0 Å². The van der Waals surface area contributed by atoms with E-state index in [1.165, 1.54) is 6.20 Å². The molecule has 0 bridgehead atoms. The van der Waals surface area contributed by atoms with Crippen LogP contribution in [-0.2, 0) is 6.54 Å². The van der Waals surface area contributed by atoms with Gasteiger partial charge in [0.25, 0.3) is 5.91 Å². The van der Waals surface area contributed by atoms with Crippen LogP contribution in [0, 0.1) is 0 Å². The fraction of sp³-hybridized carbons (Fsp3) is 0.150. The maximum absolute atomic E-state index is 12.4. The predicted molar refractivity (Wildman–Crippen MR) is 112 cm³/mol. The summed E-state index contributed by atoms with van der Waals surface area (Å²) >= 11 is 3.32. The van der Waals surface area contributed by atoms with Crippen molar-refractivity contribution in [3.8, 4) is 17.1 Å². The molecule has 0 spiro atoms. The summed E-state index contributed by atoms with van der Waals surface area (Å²) in [5, 5.41) is 11.1. The lowest BCUT2D eigenvalue weighted by Gasteiger charge is -2.07. The zero-order valence-electron chi connectivity index (χ0n) is 15.4. The average Bonchev–Trinajstić information content (AvgIpc) is 3.31. The van der Waals surface area contributed by atoms with Gasteiger partial charge in [0, 0.05) is 40.9 Å². The van der Waals surface area contributed by atoms with Crippen LogP contribution in [0.4, 0.5) is 5.82 Å². The van der Waals surface area contributed by atoms with Crippen LogP contribution in [0.5, 0.6) is 5.75 Å². The van der Waals surface area contributed by atoms with E-state index in [0.717, 1.165) is 39.1 Å². The number of nitrogens with zero attached hydrogens (tertiary/aromatic N) is 3. The molecule has 0 radical (unpaired) electrons. The largest absolute Gasteiger partial charge is 0.497 e. The number of nitrogens with one attached hydrogen (secondary N) is 2. The Bertz CT molecular complexity index is 1160. The van der Waals surface area contributed by atoms with Crippen LogP contribution in [0.15, 0.2) is 53.3 Å². The van der Waals surface area contributed by atoms with E-state index in [-0.39, 0.29) is 5.91 Å². The van der Waals surface area contributed by atoms with Crippen molar-refractivity contribution in [1.82, 2.24) is 19.7 Å². The molecule has 3 aromatic heterocycles. The van der Waals surface area contributed by atoms with Gasteiger partial charge in [0.1, 0.15) is 5.75 Å². The SMILES string of the molecule is CCn1c(-c2cc(NC(=O)c3cncc(Br)c3)n[nH]2)cc2ccc(OC)cc21. The molecular weight excluding hydrogens is 422 g/mol. The van der Waals surface area contributed by atoms with Crippen LogP contribution in [-0.4, -0.2) is 32.8 Å². The molecule has 8 heteroatoms. The molecule has 4 rings (SSSR count). The quantitative estimate of drug-likeness (QED) is 0.480. The second-order valence-corrected chi connectivity index (χ2v) is 7.13. The molecule has 0 aliphatic carbocycles. The van der Waals surface area contributed by atoms with Crippen LogP contribution in [0.2, 0.25) is 0 Å². The summed E-state index contributed by atoms with van der Waals surface area (Å²) in [7, 11) is 1.66. The van der Waals surface area contributed by atoms with Crippen molar-refractivity contribution < 1.29 is 9.53 Å². The second-order valence-electron chi connectivity index (χ2n) is 6.21. The molecule has 0 fully saturated rings. The molecule has 7 nitrogen and oxygen atoms in total. The van der Waals surface area contributed by atoms with E-state index in [4.69, 9.17) is 4.74 Å². The zero-order valence-corrected chi connectivity index (χ0v) is 16.9. The molecule has 3 heterocycles. The van der Waals surface area contributed by atoms with E-state index in [2.05, 4.69) is 54.0 Å². The number of methoxy groups -OCH3 is 1. The first-order valence-corrected chi connectivity index (χ1v) is 9.53. The van der Waals surface area contributed by atoms with Gasteiger partial charge in [-0.2, -0.15) is 5.10 Å². The van der Waals surface area contributed by atoms with E-state index in [0.29, 0.717) is 11.4 Å². The number of hydrogen-bond acceptors (Lipinski definition) is 4. The van der Waals surface area contributed by atoms with Gasteiger partial charge < -0.3 is 14.6 Å². The number of carbonyl (C=O) groups is 1. The van der Waals surface area contributed by atoms with Crippen molar-refractivity contribution in [2.45, 2.75) is 13.5 Å². The Balaban J connectivity index is 1.65.